The van der Waals surface area contributed by atoms with Gasteiger partial charge in [-0.3, -0.25) is 0 Å². The van der Waals surface area contributed by atoms with E-state index in [4.69, 9.17) is 11.6 Å². The van der Waals surface area contributed by atoms with Gasteiger partial charge in [0.1, 0.15) is 10.9 Å². The van der Waals surface area contributed by atoms with Crippen LogP contribution in [0.15, 0.2) is 35.2 Å². The monoisotopic (exact) mass is 514 g/mol. The highest BCUT2D eigenvalue weighted by Gasteiger charge is 2.52. The molecule has 4 rings (SSSR count). The number of benzene rings is 2. The Bertz CT molecular complexity index is 1170. The summed E-state index contributed by atoms with van der Waals surface area (Å²) in [5, 5.41) is 11.6. The van der Waals surface area contributed by atoms with Crippen molar-refractivity contribution in [1.82, 2.24) is 4.31 Å². The zero-order valence-electron chi connectivity index (χ0n) is 16.6. The minimum absolute atomic E-state index is 0.218. The lowest BCUT2D eigenvalue weighted by molar-refractivity contribution is -0.144. The van der Waals surface area contributed by atoms with Gasteiger partial charge in [0.25, 0.3) is 0 Å². The molecule has 2 aromatic rings. The largest absolute Gasteiger partial charge is 0.412 e. The second kappa shape index (κ2) is 8.33. The van der Waals surface area contributed by atoms with E-state index in [1.165, 1.54) is 0 Å². The number of sulfonamides is 1. The number of rotatable bonds is 5. The third-order valence-electron chi connectivity index (χ3n) is 5.91. The van der Waals surface area contributed by atoms with Gasteiger partial charge in [-0.05, 0) is 37.0 Å². The molecular weight excluding hydrogens is 498 g/mol. The standard InChI is InChI=1S/C20H17ClF6N2O3S/c21-12-3-1-9(5-17(12)33(31,32)29-11-2-4-15(29)16(30)8-11)19(20(25,26)27)28-10-6-13(22)18(24)14(23)7-10/h1,3,5-7,11,15-16,19,28,30H,2,4,8H2/t11?,15?,16-,19?/m1/s1. The molecule has 0 saturated carbocycles. The maximum absolute atomic E-state index is 13.8. The van der Waals surface area contributed by atoms with E-state index in [1.807, 2.05) is 5.32 Å². The van der Waals surface area contributed by atoms with Crippen LogP contribution in [-0.2, 0) is 10.0 Å². The zero-order chi connectivity index (χ0) is 24.3. The first kappa shape index (κ1) is 24.1. The molecule has 2 saturated heterocycles. The van der Waals surface area contributed by atoms with E-state index in [1.54, 1.807) is 0 Å². The summed E-state index contributed by atoms with van der Waals surface area (Å²) in [4.78, 5) is -0.583. The van der Waals surface area contributed by atoms with E-state index < -0.39 is 74.0 Å². The summed E-state index contributed by atoms with van der Waals surface area (Å²) < 4.78 is 109. The van der Waals surface area contributed by atoms with Crippen LogP contribution in [0.3, 0.4) is 0 Å². The quantitative estimate of drug-likeness (QED) is 0.446. The zero-order valence-corrected chi connectivity index (χ0v) is 18.2. The SMILES string of the molecule is O=S(=O)(c1cc(C(Nc2cc(F)c(F)c(F)c2)C(F)(F)F)ccc1Cl)N1C2CCC1[C@H](O)C2. The summed E-state index contributed by atoms with van der Waals surface area (Å²) in [6.45, 7) is 0. The normalized spacial score (nSPS) is 24.3. The lowest BCUT2D eigenvalue weighted by Gasteiger charge is -2.26. The number of anilines is 1. The molecule has 2 bridgehead atoms. The summed E-state index contributed by atoms with van der Waals surface area (Å²) in [6.07, 6.45) is -4.77. The smallest absolute Gasteiger partial charge is 0.391 e. The Morgan fingerprint density at radius 2 is 1.73 bits per heavy atom. The summed E-state index contributed by atoms with van der Waals surface area (Å²) >= 11 is 6.04. The molecule has 2 aliphatic rings. The number of fused-ring (bicyclic) bond motifs is 2. The van der Waals surface area contributed by atoms with Crippen LogP contribution in [0.25, 0.3) is 0 Å². The summed E-state index contributed by atoms with van der Waals surface area (Å²) in [5.41, 5.74) is -1.29. The molecule has 0 radical (unpaired) electrons. The fraction of sp³-hybridized carbons (Fsp3) is 0.400. The van der Waals surface area contributed by atoms with Gasteiger partial charge in [0, 0.05) is 23.9 Å². The lowest BCUT2D eigenvalue weighted by atomic mass is 9.98. The van der Waals surface area contributed by atoms with Crippen molar-refractivity contribution < 1.29 is 39.9 Å². The molecule has 180 valence electrons. The number of hydrogen-bond donors (Lipinski definition) is 2. The highest BCUT2D eigenvalue weighted by atomic mass is 35.5. The summed E-state index contributed by atoms with van der Waals surface area (Å²) in [5.74, 6) is -5.23. The Morgan fingerprint density at radius 1 is 1.09 bits per heavy atom. The van der Waals surface area contributed by atoms with Crippen molar-refractivity contribution in [2.75, 3.05) is 5.32 Å². The number of aliphatic hydroxyl groups excluding tert-OH is 1. The van der Waals surface area contributed by atoms with Crippen molar-refractivity contribution in [3.8, 4) is 0 Å². The first-order valence-electron chi connectivity index (χ1n) is 9.79. The van der Waals surface area contributed by atoms with Crippen molar-refractivity contribution in [3.63, 3.8) is 0 Å². The Morgan fingerprint density at radius 3 is 2.24 bits per heavy atom. The van der Waals surface area contributed by atoms with Crippen LogP contribution < -0.4 is 5.32 Å². The highest BCUT2D eigenvalue weighted by molar-refractivity contribution is 7.89. The lowest BCUT2D eigenvalue weighted by Crippen LogP contribution is -2.38. The van der Waals surface area contributed by atoms with Gasteiger partial charge >= 0.3 is 6.18 Å². The average molecular weight is 515 g/mol. The minimum Gasteiger partial charge on any atom is -0.391 e. The maximum Gasteiger partial charge on any atom is 0.412 e. The molecular formula is C20H17ClF6N2O3S. The van der Waals surface area contributed by atoms with E-state index in [0.29, 0.717) is 25.0 Å². The van der Waals surface area contributed by atoms with Gasteiger partial charge in [-0.25, -0.2) is 21.6 Å². The molecule has 3 unspecified atom stereocenters. The Balaban J connectivity index is 1.74. The molecule has 5 nitrogen and oxygen atoms in total. The molecule has 2 heterocycles. The molecule has 4 atom stereocenters. The van der Waals surface area contributed by atoms with Crippen molar-refractivity contribution in [1.29, 1.82) is 0 Å². The van der Waals surface area contributed by atoms with E-state index in [9.17, 15) is 39.9 Å². The molecule has 0 aromatic heterocycles. The van der Waals surface area contributed by atoms with E-state index in [2.05, 4.69) is 0 Å². The van der Waals surface area contributed by atoms with Crippen LogP contribution in [0, 0.1) is 17.5 Å². The summed E-state index contributed by atoms with van der Waals surface area (Å²) in [7, 11) is -4.35. The van der Waals surface area contributed by atoms with Gasteiger partial charge in [-0.2, -0.15) is 17.5 Å². The molecule has 33 heavy (non-hydrogen) atoms. The molecule has 13 heteroatoms. The molecule has 2 N–H and O–H groups in total. The molecule has 0 aliphatic carbocycles. The molecule has 2 aliphatic heterocycles. The molecule has 0 spiro atoms. The van der Waals surface area contributed by atoms with Crippen LogP contribution >= 0.6 is 11.6 Å². The number of nitrogens with one attached hydrogen (secondary N) is 1. The van der Waals surface area contributed by atoms with Gasteiger partial charge in [-0.15, -0.1) is 0 Å². The van der Waals surface area contributed by atoms with Crippen LogP contribution in [0.4, 0.5) is 32.0 Å². The van der Waals surface area contributed by atoms with Crippen molar-refractivity contribution in [2.45, 2.75) is 54.6 Å². The minimum atomic E-state index is -5.03. The van der Waals surface area contributed by atoms with Crippen LogP contribution in [0.1, 0.15) is 30.9 Å². The fourth-order valence-corrected chi connectivity index (χ4v) is 6.88. The second-order valence-electron chi connectivity index (χ2n) is 8.00. The van der Waals surface area contributed by atoms with Gasteiger partial charge in [0.05, 0.1) is 17.2 Å². The van der Waals surface area contributed by atoms with Crippen molar-refractivity contribution in [3.05, 3.63) is 58.4 Å². The number of nitrogens with zero attached hydrogens (tertiary/aromatic N) is 1. The van der Waals surface area contributed by atoms with Gasteiger partial charge in [-0.1, -0.05) is 17.7 Å². The topological polar surface area (TPSA) is 69.6 Å². The van der Waals surface area contributed by atoms with Crippen LogP contribution in [0.5, 0.6) is 0 Å². The number of aliphatic hydroxyl groups is 1. The third-order valence-corrected chi connectivity index (χ3v) is 8.37. The van der Waals surface area contributed by atoms with Crippen molar-refractivity contribution in [2.24, 2.45) is 0 Å². The fourth-order valence-electron chi connectivity index (χ4n) is 4.45. The van der Waals surface area contributed by atoms with Crippen LogP contribution in [0.2, 0.25) is 5.02 Å². The van der Waals surface area contributed by atoms with Crippen LogP contribution in [-0.4, -0.2) is 42.2 Å². The second-order valence-corrected chi connectivity index (χ2v) is 10.2. The molecule has 2 aromatic carbocycles. The van der Waals surface area contributed by atoms with E-state index in [-0.39, 0.29) is 11.4 Å². The third kappa shape index (κ3) is 4.29. The van der Waals surface area contributed by atoms with E-state index >= 15 is 0 Å². The predicted molar refractivity (Wildman–Crippen MR) is 107 cm³/mol. The maximum atomic E-state index is 13.8. The Labute approximate surface area is 190 Å². The summed E-state index contributed by atoms with van der Waals surface area (Å²) in [6, 6.07) is -0.418. The van der Waals surface area contributed by atoms with Gasteiger partial charge in [0.2, 0.25) is 10.0 Å². The van der Waals surface area contributed by atoms with E-state index in [0.717, 1.165) is 22.5 Å². The molecule has 0 amide bonds. The predicted octanol–water partition coefficient (Wildman–Crippen LogP) is 4.76. The average Bonchev–Trinajstić information content (AvgIpc) is 3.27. The van der Waals surface area contributed by atoms with Gasteiger partial charge < -0.3 is 10.4 Å². The Kier molecular flexibility index (Phi) is 6.09. The number of alkyl halides is 3. The first-order chi connectivity index (χ1) is 15.3. The first-order valence-corrected chi connectivity index (χ1v) is 11.6. The Hall–Kier alpha value is -2.02. The highest BCUT2D eigenvalue weighted by Crippen LogP contribution is 2.44. The number of halogens is 7. The molecule has 2 fully saturated rings. The number of hydrogen-bond acceptors (Lipinski definition) is 4. The van der Waals surface area contributed by atoms with Crippen molar-refractivity contribution >= 4 is 27.3 Å². The van der Waals surface area contributed by atoms with Gasteiger partial charge in [0.15, 0.2) is 17.5 Å².